The van der Waals surface area contributed by atoms with Crippen LogP contribution in [-0.2, 0) is 6.42 Å². The van der Waals surface area contributed by atoms with E-state index in [2.05, 4.69) is 65.1 Å². The lowest BCUT2D eigenvalue weighted by atomic mass is 10.1. The molecule has 114 valence electrons. The van der Waals surface area contributed by atoms with Crippen molar-refractivity contribution in [1.29, 1.82) is 0 Å². The minimum Gasteiger partial charge on any atom is -0.100 e. The Kier molecular flexibility index (Phi) is 16.5. The Morgan fingerprint density at radius 1 is 0.850 bits per heavy atom. The largest absolute Gasteiger partial charge is 0.100 e. The molecule has 0 atom stereocenters. The Morgan fingerprint density at radius 2 is 1.30 bits per heavy atom. The molecule has 0 aliphatic carbocycles. The summed E-state index contributed by atoms with van der Waals surface area (Å²) >= 11 is 0. The first-order valence-corrected chi connectivity index (χ1v) is 7.80. The maximum atomic E-state index is 3.87. The Bertz CT molecular complexity index is 330. The van der Waals surface area contributed by atoms with Crippen LogP contribution in [0.25, 0.3) is 0 Å². The molecule has 0 amide bonds. The van der Waals surface area contributed by atoms with Crippen molar-refractivity contribution in [2.45, 2.75) is 66.7 Å². The van der Waals surface area contributed by atoms with Gasteiger partial charge in [0.15, 0.2) is 0 Å². The molecule has 0 nitrogen and oxygen atoms in total. The van der Waals surface area contributed by atoms with Crippen LogP contribution in [-0.4, -0.2) is 0 Å². The van der Waals surface area contributed by atoms with Crippen LogP contribution in [0.4, 0.5) is 0 Å². The number of rotatable bonds is 5. The second-order valence-electron chi connectivity index (χ2n) is 5.25. The molecule has 0 aliphatic rings. The molecule has 1 aromatic rings. The number of hydrogen-bond donors (Lipinski definition) is 0. The van der Waals surface area contributed by atoms with Crippen molar-refractivity contribution in [3.8, 4) is 0 Å². The number of unbranched alkanes of at least 4 members (excludes halogenated alkanes) is 1. The molecule has 0 radical (unpaired) electrons. The second kappa shape index (κ2) is 15.8. The van der Waals surface area contributed by atoms with Gasteiger partial charge in [-0.25, -0.2) is 0 Å². The maximum absolute atomic E-state index is 3.87. The van der Waals surface area contributed by atoms with Crippen molar-refractivity contribution in [2.24, 2.45) is 0 Å². The summed E-state index contributed by atoms with van der Waals surface area (Å²) in [4.78, 5) is 0. The summed E-state index contributed by atoms with van der Waals surface area (Å²) in [6.45, 7) is 18.1. The van der Waals surface area contributed by atoms with Gasteiger partial charge in [0.05, 0.1) is 0 Å². The monoisotopic (exact) mass is 274 g/mol. The third-order valence-corrected chi connectivity index (χ3v) is 2.79. The zero-order valence-electron chi connectivity index (χ0n) is 14.3. The van der Waals surface area contributed by atoms with Crippen LogP contribution in [0.1, 0.15) is 65.9 Å². The van der Waals surface area contributed by atoms with E-state index in [4.69, 9.17) is 0 Å². The maximum Gasteiger partial charge on any atom is -0.0242 e. The lowest BCUT2D eigenvalue weighted by Crippen LogP contribution is -1.83. The Hall–Kier alpha value is -1.30. The van der Waals surface area contributed by atoms with Gasteiger partial charge in [0.1, 0.15) is 0 Å². The van der Waals surface area contributed by atoms with E-state index >= 15 is 0 Å². The lowest BCUT2D eigenvalue weighted by molar-refractivity contribution is 0.886. The van der Waals surface area contributed by atoms with Crippen LogP contribution < -0.4 is 0 Å². The van der Waals surface area contributed by atoms with Gasteiger partial charge in [-0.1, -0.05) is 75.1 Å². The standard InChI is InChI=1S/C11H14.C5H10.C4H10/c1-10(2)8-9-11-6-4-3-5-7-11;1-4-5(2)3;1-3-4-2/h3-7H,1,8-9H2,2H3;2,4H2,1,3H3;3-4H2,1-2H3. The Labute approximate surface area is 127 Å². The fourth-order valence-corrected chi connectivity index (χ4v) is 1.00. The van der Waals surface area contributed by atoms with E-state index in [1.165, 1.54) is 29.6 Å². The van der Waals surface area contributed by atoms with Gasteiger partial charge in [0.2, 0.25) is 0 Å². The number of aryl methyl sites for hydroxylation is 1. The van der Waals surface area contributed by atoms with E-state index in [9.17, 15) is 0 Å². The minimum absolute atomic E-state index is 1.10. The average Bonchev–Trinajstić information content (AvgIpc) is 2.47. The van der Waals surface area contributed by atoms with Gasteiger partial charge in [0, 0.05) is 0 Å². The predicted molar refractivity (Wildman–Crippen MR) is 95.3 cm³/mol. The molecular weight excluding hydrogens is 240 g/mol. The third kappa shape index (κ3) is 19.0. The molecule has 0 saturated carbocycles. The van der Waals surface area contributed by atoms with Crippen molar-refractivity contribution in [3.63, 3.8) is 0 Å². The van der Waals surface area contributed by atoms with Crippen LogP contribution in [0, 0.1) is 0 Å². The van der Waals surface area contributed by atoms with Crippen LogP contribution in [0.2, 0.25) is 0 Å². The van der Waals surface area contributed by atoms with Gasteiger partial charge < -0.3 is 0 Å². The molecule has 0 spiro atoms. The zero-order valence-corrected chi connectivity index (χ0v) is 14.3. The molecule has 0 heteroatoms. The molecule has 1 aromatic carbocycles. The SMILES string of the molecule is C=C(C)CC.C=C(C)CCc1ccccc1.CCCC. The average molecular weight is 274 g/mol. The predicted octanol–water partition coefficient (Wildman–Crippen LogP) is 6.97. The highest BCUT2D eigenvalue weighted by Crippen LogP contribution is 2.06. The van der Waals surface area contributed by atoms with E-state index in [-0.39, 0.29) is 0 Å². The summed E-state index contributed by atoms with van der Waals surface area (Å²) in [5.41, 5.74) is 3.91. The van der Waals surface area contributed by atoms with Crippen molar-refractivity contribution in [3.05, 3.63) is 60.2 Å². The van der Waals surface area contributed by atoms with Crippen molar-refractivity contribution >= 4 is 0 Å². The smallest absolute Gasteiger partial charge is 0.0242 e. The zero-order chi connectivity index (χ0) is 15.8. The Morgan fingerprint density at radius 3 is 1.60 bits per heavy atom. The number of allylic oxidation sites excluding steroid dienone is 2. The first kappa shape index (κ1) is 21.0. The van der Waals surface area contributed by atoms with Gasteiger partial charge in [-0.15, -0.1) is 13.2 Å². The summed E-state index contributed by atoms with van der Waals surface area (Å²) in [5.74, 6) is 0. The quantitative estimate of drug-likeness (QED) is 0.508. The van der Waals surface area contributed by atoms with Crippen LogP contribution >= 0.6 is 0 Å². The van der Waals surface area contributed by atoms with E-state index in [0.29, 0.717) is 0 Å². The van der Waals surface area contributed by atoms with Crippen molar-refractivity contribution < 1.29 is 0 Å². The van der Waals surface area contributed by atoms with E-state index in [1.54, 1.807) is 0 Å². The molecule has 0 bridgehead atoms. The summed E-state index contributed by atoms with van der Waals surface area (Å²) in [6.07, 6.45) is 5.97. The normalized spacial score (nSPS) is 8.65. The van der Waals surface area contributed by atoms with E-state index in [1.807, 2.05) is 13.0 Å². The van der Waals surface area contributed by atoms with Gasteiger partial charge in [-0.2, -0.15) is 0 Å². The third-order valence-electron chi connectivity index (χ3n) is 2.79. The second-order valence-corrected chi connectivity index (χ2v) is 5.25. The fraction of sp³-hybridized carbons (Fsp3) is 0.500. The van der Waals surface area contributed by atoms with Gasteiger partial charge in [0.25, 0.3) is 0 Å². The minimum atomic E-state index is 1.10. The molecule has 0 fully saturated rings. The first-order chi connectivity index (χ1) is 9.47. The molecule has 0 saturated heterocycles. The summed E-state index contributed by atoms with van der Waals surface area (Å²) in [5, 5.41) is 0. The first-order valence-electron chi connectivity index (χ1n) is 7.80. The van der Waals surface area contributed by atoms with Gasteiger partial charge >= 0.3 is 0 Å². The summed E-state index contributed by atoms with van der Waals surface area (Å²) < 4.78 is 0. The van der Waals surface area contributed by atoms with Crippen molar-refractivity contribution in [2.75, 3.05) is 0 Å². The molecular formula is C20H34. The molecule has 0 heterocycles. The lowest BCUT2D eigenvalue weighted by Gasteiger charge is -1.98. The van der Waals surface area contributed by atoms with E-state index in [0.717, 1.165) is 19.3 Å². The van der Waals surface area contributed by atoms with Gasteiger partial charge in [-0.05, 0) is 38.7 Å². The molecule has 1 rings (SSSR count). The topological polar surface area (TPSA) is 0 Å². The summed E-state index contributed by atoms with van der Waals surface area (Å²) in [6, 6.07) is 10.5. The Balaban J connectivity index is 0. The highest BCUT2D eigenvalue weighted by atomic mass is 14.0. The van der Waals surface area contributed by atoms with Crippen LogP contribution in [0.5, 0.6) is 0 Å². The molecule has 0 N–H and O–H groups in total. The highest BCUT2D eigenvalue weighted by Gasteiger charge is 1.90. The van der Waals surface area contributed by atoms with E-state index < -0.39 is 0 Å². The molecule has 0 unspecified atom stereocenters. The van der Waals surface area contributed by atoms with Crippen molar-refractivity contribution in [1.82, 2.24) is 0 Å². The number of hydrogen-bond acceptors (Lipinski definition) is 0. The van der Waals surface area contributed by atoms with Gasteiger partial charge in [-0.3, -0.25) is 0 Å². The highest BCUT2D eigenvalue weighted by molar-refractivity contribution is 5.15. The molecule has 0 aliphatic heterocycles. The fourth-order valence-electron chi connectivity index (χ4n) is 1.00. The van der Waals surface area contributed by atoms with Crippen LogP contribution in [0.3, 0.4) is 0 Å². The molecule has 20 heavy (non-hydrogen) atoms. The summed E-state index contributed by atoms with van der Waals surface area (Å²) in [7, 11) is 0. The number of benzene rings is 1. The molecule has 0 aromatic heterocycles. The van der Waals surface area contributed by atoms with Crippen LogP contribution in [0.15, 0.2) is 54.6 Å².